The molecule has 1 atom stereocenters. The number of nitrogens with one attached hydrogen (secondary N) is 3. The zero-order valence-electron chi connectivity index (χ0n) is 18.3. The molecule has 2 aromatic rings. The van der Waals surface area contributed by atoms with E-state index in [2.05, 4.69) is 30.8 Å². The highest BCUT2D eigenvalue weighted by molar-refractivity contribution is 6.30. The number of nitrogens with zero attached hydrogens (tertiary/aromatic N) is 3. The predicted octanol–water partition coefficient (Wildman–Crippen LogP) is 1.31. The summed E-state index contributed by atoms with van der Waals surface area (Å²) in [4.78, 5) is 35.3. The number of nitrogens with two attached hydrogens (primary N) is 2. The molecule has 1 saturated heterocycles. The van der Waals surface area contributed by atoms with Crippen molar-refractivity contribution in [3.05, 3.63) is 46.7 Å². The lowest BCUT2D eigenvalue weighted by Gasteiger charge is -2.39. The Morgan fingerprint density at radius 3 is 2.64 bits per heavy atom. The predicted molar refractivity (Wildman–Crippen MR) is 127 cm³/mol. The van der Waals surface area contributed by atoms with Crippen LogP contribution in [-0.2, 0) is 11.2 Å². The number of fused-ring (bicyclic) bond motifs is 1. The van der Waals surface area contributed by atoms with E-state index in [1.54, 1.807) is 18.5 Å². The van der Waals surface area contributed by atoms with Crippen LogP contribution in [0.2, 0.25) is 5.02 Å². The third-order valence-electron chi connectivity index (χ3n) is 6.31. The Hall–Kier alpha value is -3.11. The van der Waals surface area contributed by atoms with Crippen LogP contribution >= 0.6 is 11.6 Å². The summed E-state index contributed by atoms with van der Waals surface area (Å²) in [6.45, 7) is 2.43. The molecule has 2 aliphatic rings. The molecule has 33 heavy (non-hydrogen) atoms. The van der Waals surface area contributed by atoms with Crippen LogP contribution in [0.4, 0.5) is 16.4 Å². The zero-order chi connectivity index (χ0) is 23.4. The second kappa shape index (κ2) is 9.80. The largest absolute Gasteiger partial charge is 0.369 e. The van der Waals surface area contributed by atoms with Crippen molar-refractivity contribution in [3.8, 4) is 0 Å². The maximum absolute atomic E-state index is 13.3. The minimum atomic E-state index is -0.993. The highest BCUT2D eigenvalue weighted by atomic mass is 35.5. The molecule has 0 aliphatic carbocycles. The molecular formula is C22H29ClN8O2. The van der Waals surface area contributed by atoms with Crippen molar-refractivity contribution in [2.75, 3.05) is 36.4 Å². The van der Waals surface area contributed by atoms with E-state index in [0.29, 0.717) is 43.9 Å². The highest BCUT2D eigenvalue weighted by Crippen LogP contribution is 2.31. The summed E-state index contributed by atoms with van der Waals surface area (Å²) in [7, 11) is 0. The van der Waals surface area contributed by atoms with Crippen LogP contribution in [0, 0.1) is 0 Å². The van der Waals surface area contributed by atoms with Crippen molar-refractivity contribution in [2.45, 2.75) is 37.3 Å². The van der Waals surface area contributed by atoms with Crippen molar-refractivity contribution >= 4 is 35.2 Å². The average Bonchev–Trinajstić information content (AvgIpc) is 3.28. The Labute approximate surface area is 197 Å². The summed E-state index contributed by atoms with van der Waals surface area (Å²) in [5.74, 6) is 1.59. The number of rotatable bonds is 7. The average molecular weight is 473 g/mol. The van der Waals surface area contributed by atoms with E-state index in [0.717, 1.165) is 35.7 Å². The molecule has 11 heteroatoms. The molecule has 10 nitrogen and oxygen atoms in total. The van der Waals surface area contributed by atoms with Crippen molar-refractivity contribution in [1.29, 1.82) is 0 Å². The number of aromatic nitrogens is 2. The van der Waals surface area contributed by atoms with Gasteiger partial charge in [-0.05, 0) is 43.4 Å². The number of amides is 3. The first-order chi connectivity index (χ1) is 15.9. The normalized spacial score (nSPS) is 17.6. The molecule has 176 valence electrons. The Bertz CT molecular complexity index is 1010. The molecule has 1 aromatic carbocycles. The van der Waals surface area contributed by atoms with Gasteiger partial charge in [-0.25, -0.2) is 14.8 Å². The van der Waals surface area contributed by atoms with Crippen LogP contribution < -0.4 is 32.3 Å². The standard InChI is InChI=1S/C22H29ClN8O2/c23-15-3-1-14(2-4-15)17(6-10-27-21(24)33)30-20(32)22(25)7-11-31(12-8-22)19-16-5-9-26-18(16)28-13-29-19/h1-4,13,17H,5-12,25H2,(H,30,32)(H3,24,27,33)(H,26,28,29). The van der Waals surface area contributed by atoms with Crippen molar-refractivity contribution in [1.82, 2.24) is 20.6 Å². The van der Waals surface area contributed by atoms with Gasteiger partial charge in [-0.3, -0.25) is 4.79 Å². The molecule has 0 saturated carbocycles. The minimum absolute atomic E-state index is 0.212. The van der Waals surface area contributed by atoms with Gasteiger partial charge in [0.25, 0.3) is 0 Å². The number of halogens is 1. The van der Waals surface area contributed by atoms with Gasteiger partial charge in [-0.15, -0.1) is 0 Å². The lowest BCUT2D eigenvalue weighted by atomic mass is 9.86. The molecule has 0 spiro atoms. The zero-order valence-corrected chi connectivity index (χ0v) is 19.1. The van der Waals surface area contributed by atoms with Crippen LogP contribution in [0.3, 0.4) is 0 Å². The minimum Gasteiger partial charge on any atom is -0.369 e. The first-order valence-corrected chi connectivity index (χ1v) is 11.4. The molecule has 0 radical (unpaired) electrons. The quantitative estimate of drug-likeness (QED) is 0.407. The van der Waals surface area contributed by atoms with Crippen LogP contribution in [0.15, 0.2) is 30.6 Å². The fourth-order valence-corrected chi connectivity index (χ4v) is 4.49. The molecule has 3 amide bonds. The molecule has 3 heterocycles. The molecule has 4 rings (SSSR count). The number of primary amides is 1. The van der Waals surface area contributed by atoms with Crippen molar-refractivity contribution in [3.63, 3.8) is 0 Å². The SMILES string of the molecule is NC(=O)NCCC(NC(=O)C1(N)CCN(c2ncnc3c2CCN3)CC1)c1ccc(Cl)cc1. The number of anilines is 2. The van der Waals surface area contributed by atoms with Gasteiger partial charge >= 0.3 is 6.03 Å². The van der Waals surface area contributed by atoms with E-state index in [1.165, 1.54) is 0 Å². The Morgan fingerprint density at radius 2 is 1.94 bits per heavy atom. The first-order valence-electron chi connectivity index (χ1n) is 11.1. The third kappa shape index (κ3) is 5.28. The first kappa shape index (κ1) is 23.1. The molecule has 0 bridgehead atoms. The fourth-order valence-electron chi connectivity index (χ4n) is 4.37. The number of carbonyl (C=O) groups is 2. The molecule has 1 unspecified atom stereocenters. The number of hydrogen-bond acceptors (Lipinski definition) is 7. The Balaban J connectivity index is 1.42. The van der Waals surface area contributed by atoms with E-state index in [-0.39, 0.29) is 11.9 Å². The van der Waals surface area contributed by atoms with E-state index >= 15 is 0 Å². The monoisotopic (exact) mass is 472 g/mol. The number of benzene rings is 1. The molecule has 2 aliphatic heterocycles. The van der Waals surface area contributed by atoms with E-state index in [9.17, 15) is 9.59 Å². The van der Waals surface area contributed by atoms with Crippen LogP contribution in [-0.4, -0.2) is 53.6 Å². The molecule has 7 N–H and O–H groups in total. The summed E-state index contributed by atoms with van der Waals surface area (Å²) < 4.78 is 0. The lowest BCUT2D eigenvalue weighted by Crippen LogP contribution is -2.60. The van der Waals surface area contributed by atoms with Crippen molar-refractivity contribution < 1.29 is 9.59 Å². The van der Waals surface area contributed by atoms with E-state index in [4.69, 9.17) is 23.1 Å². The van der Waals surface area contributed by atoms with Gasteiger partial charge < -0.3 is 32.3 Å². The number of urea groups is 1. The number of piperidine rings is 1. The summed E-state index contributed by atoms with van der Waals surface area (Å²) in [5, 5.41) is 9.52. The van der Waals surface area contributed by atoms with Gasteiger partial charge in [-0.1, -0.05) is 23.7 Å². The maximum atomic E-state index is 13.3. The van der Waals surface area contributed by atoms with Gasteiger partial charge in [0.05, 0.1) is 11.6 Å². The second-order valence-corrected chi connectivity index (χ2v) is 8.94. The number of hydrogen-bond donors (Lipinski definition) is 5. The van der Waals surface area contributed by atoms with Crippen LogP contribution in [0.25, 0.3) is 0 Å². The maximum Gasteiger partial charge on any atom is 0.312 e. The van der Waals surface area contributed by atoms with Gasteiger partial charge in [-0.2, -0.15) is 0 Å². The van der Waals surface area contributed by atoms with Gasteiger partial charge in [0, 0.05) is 36.8 Å². The summed E-state index contributed by atoms with van der Waals surface area (Å²) in [5.41, 5.74) is 12.8. The summed E-state index contributed by atoms with van der Waals surface area (Å²) in [6.07, 6.45) is 3.92. The van der Waals surface area contributed by atoms with Crippen molar-refractivity contribution in [2.24, 2.45) is 11.5 Å². The topological polar surface area (TPSA) is 151 Å². The second-order valence-electron chi connectivity index (χ2n) is 8.50. The lowest BCUT2D eigenvalue weighted by molar-refractivity contribution is -0.128. The van der Waals surface area contributed by atoms with Crippen LogP contribution in [0.1, 0.15) is 36.4 Å². The van der Waals surface area contributed by atoms with E-state index < -0.39 is 11.6 Å². The third-order valence-corrected chi connectivity index (χ3v) is 6.56. The Morgan fingerprint density at radius 1 is 1.21 bits per heavy atom. The smallest absolute Gasteiger partial charge is 0.312 e. The summed E-state index contributed by atoms with van der Waals surface area (Å²) >= 11 is 6.01. The summed E-state index contributed by atoms with van der Waals surface area (Å²) in [6, 6.07) is 6.30. The highest BCUT2D eigenvalue weighted by Gasteiger charge is 2.39. The molecular weight excluding hydrogens is 444 g/mol. The fraction of sp³-hybridized carbons (Fsp3) is 0.455. The van der Waals surface area contributed by atoms with Gasteiger partial charge in [0.15, 0.2) is 0 Å². The number of carbonyl (C=O) groups excluding carboxylic acids is 2. The van der Waals surface area contributed by atoms with Gasteiger partial charge in [0.2, 0.25) is 5.91 Å². The van der Waals surface area contributed by atoms with E-state index in [1.807, 2.05) is 12.1 Å². The van der Waals surface area contributed by atoms with Gasteiger partial charge in [0.1, 0.15) is 18.0 Å². The molecule has 1 aromatic heterocycles. The van der Waals surface area contributed by atoms with Crippen LogP contribution in [0.5, 0.6) is 0 Å². The molecule has 1 fully saturated rings. The Kier molecular flexibility index (Phi) is 6.85.